The number of anilines is 1. The van der Waals surface area contributed by atoms with Crippen molar-refractivity contribution in [1.82, 2.24) is 9.78 Å². The second kappa shape index (κ2) is 6.10. The standard InChI is InChI=1S/C17H25N3O3S/c1-9-11-5-10(17(11,2)3)6-12(9)19-13-7-18-20(8-14(21)22)16(23)15(13)24-4/h7,9-12,19H,5-6,8H2,1-4H3,(H,21,22)/t9-,10-,11+,12-/m1/s1. The first-order valence-corrected chi connectivity index (χ1v) is 9.60. The van der Waals surface area contributed by atoms with Gasteiger partial charge in [0, 0.05) is 6.04 Å². The van der Waals surface area contributed by atoms with Gasteiger partial charge in [-0.3, -0.25) is 9.59 Å². The molecule has 0 unspecified atom stereocenters. The van der Waals surface area contributed by atoms with E-state index in [0.29, 0.717) is 28.2 Å². The number of carbonyl (C=O) groups is 1. The highest BCUT2D eigenvalue weighted by atomic mass is 32.2. The largest absolute Gasteiger partial charge is 0.480 e. The molecule has 0 spiro atoms. The average Bonchev–Trinajstić information content (AvgIpc) is 2.51. The zero-order valence-corrected chi connectivity index (χ0v) is 15.4. The molecule has 0 aromatic carbocycles. The Hall–Kier alpha value is -1.50. The first-order chi connectivity index (χ1) is 11.3. The number of fused-ring (bicyclic) bond motifs is 2. The van der Waals surface area contributed by atoms with Gasteiger partial charge in [-0.25, -0.2) is 4.68 Å². The number of nitrogens with one attached hydrogen (secondary N) is 1. The Morgan fingerprint density at radius 1 is 1.50 bits per heavy atom. The van der Waals surface area contributed by atoms with Crippen LogP contribution in [0, 0.1) is 23.2 Å². The molecule has 3 fully saturated rings. The zero-order chi connectivity index (χ0) is 17.6. The lowest BCUT2D eigenvalue weighted by Crippen LogP contribution is -2.58. The second-order valence-corrected chi connectivity index (χ2v) is 8.47. The van der Waals surface area contributed by atoms with Crippen molar-refractivity contribution in [3.63, 3.8) is 0 Å². The maximum absolute atomic E-state index is 12.4. The van der Waals surface area contributed by atoms with Crippen LogP contribution in [0.5, 0.6) is 0 Å². The first-order valence-electron chi connectivity index (χ1n) is 8.38. The third kappa shape index (κ3) is 2.72. The molecule has 1 aromatic heterocycles. The van der Waals surface area contributed by atoms with E-state index < -0.39 is 12.5 Å². The number of nitrogens with zero attached hydrogens (tertiary/aromatic N) is 2. The number of hydrogen-bond donors (Lipinski definition) is 2. The van der Waals surface area contributed by atoms with Crippen LogP contribution in [0.3, 0.4) is 0 Å². The van der Waals surface area contributed by atoms with Crippen LogP contribution in [-0.2, 0) is 11.3 Å². The summed E-state index contributed by atoms with van der Waals surface area (Å²) in [5.74, 6) is 0.919. The lowest BCUT2D eigenvalue weighted by atomic mass is 9.45. The molecule has 6 nitrogen and oxygen atoms in total. The molecule has 4 atom stereocenters. The van der Waals surface area contributed by atoms with E-state index in [4.69, 9.17) is 5.11 Å². The van der Waals surface area contributed by atoms with E-state index in [1.54, 1.807) is 6.20 Å². The van der Waals surface area contributed by atoms with Crippen LogP contribution in [-0.4, -0.2) is 33.2 Å². The highest BCUT2D eigenvalue weighted by molar-refractivity contribution is 7.98. The summed E-state index contributed by atoms with van der Waals surface area (Å²) in [5.41, 5.74) is 0.803. The van der Waals surface area contributed by atoms with Gasteiger partial charge in [0.15, 0.2) is 0 Å². The Labute approximate surface area is 146 Å². The van der Waals surface area contributed by atoms with E-state index in [1.807, 2.05) is 6.26 Å². The second-order valence-electron chi connectivity index (χ2n) is 7.65. The monoisotopic (exact) mass is 351 g/mol. The first kappa shape index (κ1) is 17.3. The fourth-order valence-electron chi connectivity index (χ4n) is 4.55. The van der Waals surface area contributed by atoms with Crippen molar-refractivity contribution in [2.45, 2.75) is 51.1 Å². The summed E-state index contributed by atoms with van der Waals surface area (Å²) in [6.07, 6.45) is 5.84. The van der Waals surface area contributed by atoms with Gasteiger partial charge in [0.25, 0.3) is 5.56 Å². The number of rotatable bonds is 5. The third-order valence-corrected chi connectivity index (χ3v) is 6.99. The quantitative estimate of drug-likeness (QED) is 0.793. The Morgan fingerprint density at radius 2 is 2.21 bits per heavy atom. The minimum Gasteiger partial charge on any atom is -0.480 e. The van der Waals surface area contributed by atoms with Crippen molar-refractivity contribution in [1.29, 1.82) is 0 Å². The normalized spacial score (nSPS) is 30.5. The van der Waals surface area contributed by atoms with Crippen LogP contribution in [0.4, 0.5) is 5.69 Å². The number of aromatic nitrogens is 2. The fourth-order valence-corrected chi connectivity index (χ4v) is 5.16. The predicted octanol–water partition coefficient (Wildman–Crippen LogP) is 2.53. The van der Waals surface area contributed by atoms with E-state index >= 15 is 0 Å². The number of hydrogen-bond acceptors (Lipinski definition) is 5. The summed E-state index contributed by atoms with van der Waals surface area (Å²) in [6.45, 7) is 6.60. The van der Waals surface area contributed by atoms with Crippen LogP contribution in [0.1, 0.15) is 33.6 Å². The molecule has 3 aliphatic carbocycles. The van der Waals surface area contributed by atoms with Gasteiger partial charge in [-0.2, -0.15) is 5.10 Å². The number of carboxylic acids is 1. The molecule has 0 amide bonds. The van der Waals surface area contributed by atoms with Gasteiger partial charge in [0.1, 0.15) is 6.54 Å². The summed E-state index contributed by atoms with van der Waals surface area (Å²) in [7, 11) is 0. The van der Waals surface area contributed by atoms with E-state index in [9.17, 15) is 9.59 Å². The van der Waals surface area contributed by atoms with Gasteiger partial charge >= 0.3 is 5.97 Å². The van der Waals surface area contributed by atoms with Crippen molar-refractivity contribution in [2.24, 2.45) is 23.2 Å². The molecule has 2 bridgehead atoms. The van der Waals surface area contributed by atoms with Crippen molar-refractivity contribution in [3.8, 4) is 0 Å². The topological polar surface area (TPSA) is 84.2 Å². The molecule has 1 aromatic rings. The highest BCUT2D eigenvalue weighted by Crippen LogP contribution is 2.61. The van der Waals surface area contributed by atoms with Crippen LogP contribution >= 0.6 is 11.8 Å². The number of carboxylic acid groups (broad SMARTS) is 1. The molecule has 7 heteroatoms. The van der Waals surface area contributed by atoms with Crippen molar-refractivity contribution in [3.05, 3.63) is 16.6 Å². The summed E-state index contributed by atoms with van der Waals surface area (Å²) in [4.78, 5) is 23.8. The molecule has 4 rings (SSSR count). The molecule has 2 N–H and O–H groups in total. The Kier molecular flexibility index (Phi) is 4.40. The molecule has 0 radical (unpaired) electrons. The molecule has 0 aliphatic heterocycles. The summed E-state index contributed by atoms with van der Waals surface area (Å²) in [5, 5.41) is 16.4. The lowest BCUT2D eigenvalue weighted by molar-refractivity contribution is -0.138. The minimum atomic E-state index is -1.07. The van der Waals surface area contributed by atoms with E-state index in [2.05, 4.69) is 31.2 Å². The molecule has 132 valence electrons. The summed E-state index contributed by atoms with van der Waals surface area (Å²) in [6, 6.07) is 0.337. The molecule has 24 heavy (non-hydrogen) atoms. The smallest absolute Gasteiger partial charge is 0.325 e. The fraction of sp³-hybridized carbons (Fsp3) is 0.706. The van der Waals surface area contributed by atoms with Crippen LogP contribution in [0.15, 0.2) is 15.9 Å². The van der Waals surface area contributed by atoms with E-state index in [1.165, 1.54) is 18.2 Å². The van der Waals surface area contributed by atoms with Gasteiger partial charge in [-0.1, -0.05) is 20.8 Å². The van der Waals surface area contributed by atoms with Crippen LogP contribution in [0.2, 0.25) is 0 Å². The molecule has 0 saturated heterocycles. The van der Waals surface area contributed by atoms with Crippen LogP contribution < -0.4 is 10.9 Å². The minimum absolute atomic E-state index is 0.337. The Morgan fingerprint density at radius 3 is 2.75 bits per heavy atom. The van der Waals surface area contributed by atoms with Gasteiger partial charge in [-0.15, -0.1) is 11.8 Å². The van der Waals surface area contributed by atoms with Gasteiger partial charge in [0.05, 0.1) is 16.8 Å². The molecule has 3 aliphatic rings. The maximum atomic E-state index is 12.4. The molecule has 3 saturated carbocycles. The Bertz CT molecular complexity index is 716. The summed E-state index contributed by atoms with van der Waals surface area (Å²) >= 11 is 1.34. The van der Waals surface area contributed by atoms with E-state index in [-0.39, 0.29) is 5.56 Å². The SMILES string of the molecule is CSc1c(N[C@@H]2C[C@H]3C[C@@H]([C@H]2C)C3(C)C)cnn(CC(=O)O)c1=O. The molecular formula is C17H25N3O3S. The van der Waals surface area contributed by atoms with Gasteiger partial charge in [0.2, 0.25) is 0 Å². The predicted molar refractivity (Wildman–Crippen MR) is 94.5 cm³/mol. The zero-order valence-electron chi connectivity index (χ0n) is 14.6. The van der Waals surface area contributed by atoms with E-state index in [0.717, 1.165) is 22.7 Å². The molecular weight excluding hydrogens is 326 g/mol. The van der Waals surface area contributed by atoms with Gasteiger partial charge < -0.3 is 10.4 Å². The summed E-state index contributed by atoms with van der Waals surface area (Å²) < 4.78 is 1.00. The number of thioether (sulfide) groups is 1. The average molecular weight is 351 g/mol. The highest BCUT2D eigenvalue weighted by Gasteiger charge is 2.56. The third-order valence-electron chi connectivity index (χ3n) is 6.18. The van der Waals surface area contributed by atoms with Crippen molar-refractivity contribution >= 4 is 23.4 Å². The van der Waals surface area contributed by atoms with Crippen LogP contribution in [0.25, 0.3) is 0 Å². The van der Waals surface area contributed by atoms with Gasteiger partial charge in [-0.05, 0) is 42.3 Å². The number of aliphatic carboxylic acids is 1. The lowest BCUT2D eigenvalue weighted by Gasteiger charge is -2.62. The molecule has 1 heterocycles. The maximum Gasteiger partial charge on any atom is 0.325 e. The Balaban J connectivity index is 1.82. The van der Waals surface area contributed by atoms with Crippen molar-refractivity contribution < 1.29 is 9.90 Å². The van der Waals surface area contributed by atoms with Crippen molar-refractivity contribution in [2.75, 3.05) is 11.6 Å².